The van der Waals surface area contributed by atoms with Crippen LogP contribution in [0.1, 0.15) is 10.4 Å². The average Bonchev–Trinajstić information content (AvgIpc) is 2.29. The third-order valence-corrected chi connectivity index (χ3v) is 2.72. The molecule has 0 radical (unpaired) electrons. The molecule has 0 heterocycles. The molecule has 0 atom stereocenters. The number of nitrogens with one attached hydrogen (secondary N) is 1. The molecule has 88 valence electrons. The quantitative estimate of drug-likeness (QED) is 0.647. The number of carbonyl (C=O) groups is 1. The largest absolute Gasteiger partial charge is 0.378 e. The van der Waals surface area contributed by atoms with Gasteiger partial charge in [-0.25, -0.2) is 0 Å². The van der Waals surface area contributed by atoms with Crippen molar-refractivity contribution in [3.05, 3.63) is 34.3 Å². The van der Waals surface area contributed by atoms with Gasteiger partial charge in [-0.05, 0) is 28.1 Å². The molecule has 0 saturated carbocycles. The van der Waals surface area contributed by atoms with Gasteiger partial charge in [0.25, 0.3) is 5.91 Å². The van der Waals surface area contributed by atoms with Crippen molar-refractivity contribution < 1.29 is 9.53 Å². The van der Waals surface area contributed by atoms with Crippen LogP contribution in [0.3, 0.4) is 0 Å². The summed E-state index contributed by atoms with van der Waals surface area (Å²) in [6, 6.07) is 7.28. The number of amides is 1. The zero-order valence-corrected chi connectivity index (χ0v) is 11.1. The molecule has 0 unspecified atom stereocenters. The van der Waals surface area contributed by atoms with Gasteiger partial charge in [-0.1, -0.05) is 12.1 Å². The number of ether oxygens (including phenoxy) is 1. The second kappa shape index (κ2) is 7.65. The monoisotopic (exact) mass is 305 g/mol. The van der Waals surface area contributed by atoms with Crippen LogP contribution in [0.25, 0.3) is 0 Å². The highest BCUT2D eigenvalue weighted by atomic mass is 79.9. The van der Waals surface area contributed by atoms with Gasteiger partial charge in [0, 0.05) is 16.9 Å². The van der Waals surface area contributed by atoms with Crippen LogP contribution in [0.5, 0.6) is 0 Å². The first-order valence-electron chi connectivity index (χ1n) is 4.92. The molecule has 1 N–H and O–H groups in total. The number of hydrogen-bond acceptors (Lipinski definition) is 2. The summed E-state index contributed by atoms with van der Waals surface area (Å²) in [5, 5.41) is 2.76. The maximum atomic E-state index is 11.7. The van der Waals surface area contributed by atoms with Gasteiger partial charge in [0.2, 0.25) is 0 Å². The summed E-state index contributed by atoms with van der Waals surface area (Å²) in [5.41, 5.74) is 0.625. The molecule has 0 aliphatic rings. The van der Waals surface area contributed by atoms with Gasteiger partial charge < -0.3 is 10.1 Å². The lowest BCUT2D eigenvalue weighted by atomic mass is 10.2. The Balaban J connectivity index is 2.33. The topological polar surface area (TPSA) is 38.3 Å². The molecule has 0 saturated heterocycles. The summed E-state index contributed by atoms with van der Waals surface area (Å²) in [6.07, 6.45) is 0. The minimum absolute atomic E-state index is 0.109. The zero-order chi connectivity index (χ0) is 11.8. The molecule has 1 aromatic carbocycles. The summed E-state index contributed by atoms with van der Waals surface area (Å²) in [6.45, 7) is 1.46. The third kappa shape index (κ3) is 4.51. The van der Waals surface area contributed by atoms with E-state index in [0.717, 1.165) is 4.47 Å². The van der Waals surface area contributed by atoms with Crippen LogP contribution in [0, 0.1) is 0 Å². The second-order valence-electron chi connectivity index (χ2n) is 3.04. The number of hydrogen-bond donors (Lipinski definition) is 1. The van der Waals surface area contributed by atoms with E-state index in [1.54, 1.807) is 6.07 Å². The molecule has 5 heteroatoms. The standard InChI is InChI=1S/C11H13BrClNO2/c12-10-4-2-1-3-9(10)11(15)14-6-8-16-7-5-13/h1-4H,5-8H2,(H,14,15). The van der Waals surface area contributed by atoms with E-state index in [1.807, 2.05) is 18.2 Å². The normalized spacial score (nSPS) is 10.1. The van der Waals surface area contributed by atoms with Crippen LogP contribution in [-0.4, -0.2) is 31.5 Å². The van der Waals surface area contributed by atoms with E-state index < -0.39 is 0 Å². The van der Waals surface area contributed by atoms with Gasteiger partial charge in [-0.2, -0.15) is 0 Å². The van der Waals surface area contributed by atoms with Crippen LogP contribution in [-0.2, 0) is 4.74 Å². The molecular weight excluding hydrogens is 293 g/mol. The molecular formula is C11H13BrClNO2. The Morgan fingerprint density at radius 1 is 1.38 bits per heavy atom. The zero-order valence-electron chi connectivity index (χ0n) is 8.71. The average molecular weight is 307 g/mol. The van der Waals surface area contributed by atoms with Crippen molar-refractivity contribution in [2.24, 2.45) is 0 Å². The molecule has 0 aliphatic carbocycles. The molecule has 0 fully saturated rings. The van der Waals surface area contributed by atoms with Gasteiger partial charge in [0.15, 0.2) is 0 Å². The predicted molar refractivity (Wildman–Crippen MR) is 68.0 cm³/mol. The summed E-state index contributed by atoms with van der Waals surface area (Å²) in [4.78, 5) is 11.7. The highest BCUT2D eigenvalue weighted by Gasteiger charge is 2.07. The van der Waals surface area contributed by atoms with E-state index in [2.05, 4.69) is 21.2 Å². The minimum Gasteiger partial charge on any atom is -0.378 e. The van der Waals surface area contributed by atoms with Gasteiger partial charge in [-0.3, -0.25) is 4.79 Å². The Hall–Kier alpha value is -0.580. The van der Waals surface area contributed by atoms with Crippen LogP contribution in [0.2, 0.25) is 0 Å². The molecule has 0 aliphatic heterocycles. The Labute approximate surface area is 108 Å². The van der Waals surface area contributed by atoms with Crippen molar-refractivity contribution in [1.29, 1.82) is 0 Å². The summed E-state index contributed by atoms with van der Waals surface area (Å²) < 4.78 is 5.93. The first-order valence-corrected chi connectivity index (χ1v) is 6.25. The molecule has 16 heavy (non-hydrogen) atoms. The van der Waals surface area contributed by atoms with Crippen molar-refractivity contribution in [2.45, 2.75) is 0 Å². The molecule has 3 nitrogen and oxygen atoms in total. The van der Waals surface area contributed by atoms with Crippen LogP contribution in [0.4, 0.5) is 0 Å². The van der Waals surface area contributed by atoms with E-state index in [1.165, 1.54) is 0 Å². The molecule has 1 amide bonds. The lowest BCUT2D eigenvalue weighted by Crippen LogP contribution is -2.27. The maximum absolute atomic E-state index is 11.7. The number of alkyl halides is 1. The summed E-state index contributed by atoms with van der Waals surface area (Å²) in [5.74, 6) is 0.361. The van der Waals surface area contributed by atoms with Crippen molar-refractivity contribution in [3.63, 3.8) is 0 Å². The van der Waals surface area contributed by atoms with Crippen LogP contribution < -0.4 is 5.32 Å². The molecule has 0 spiro atoms. The van der Waals surface area contributed by atoms with Crippen molar-refractivity contribution in [1.82, 2.24) is 5.32 Å². The van der Waals surface area contributed by atoms with Gasteiger partial charge in [0.1, 0.15) is 0 Å². The van der Waals surface area contributed by atoms with Crippen molar-refractivity contribution in [3.8, 4) is 0 Å². The Morgan fingerprint density at radius 3 is 2.81 bits per heavy atom. The fourth-order valence-corrected chi connectivity index (χ4v) is 1.71. The van der Waals surface area contributed by atoms with Crippen molar-refractivity contribution in [2.75, 3.05) is 25.6 Å². The molecule has 1 aromatic rings. The summed E-state index contributed by atoms with van der Waals surface area (Å²) in [7, 11) is 0. The van der Waals surface area contributed by atoms with Crippen LogP contribution >= 0.6 is 27.5 Å². The number of benzene rings is 1. The van der Waals surface area contributed by atoms with Crippen molar-refractivity contribution >= 4 is 33.4 Å². The fourth-order valence-electron chi connectivity index (χ4n) is 1.13. The number of halogens is 2. The highest BCUT2D eigenvalue weighted by Crippen LogP contribution is 2.15. The van der Waals surface area contributed by atoms with E-state index in [4.69, 9.17) is 16.3 Å². The smallest absolute Gasteiger partial charge is 0.252 e. The first kappa shape index (κ1) is 13.5. The maximum Gasteiger partial charge on any atom is 0.252 e. The van der Waals surface area contributed by atoms with E-state index in [9.17, 15) is 4.79 Å². The first-order chi connectivity index (χ1) is 7.75. The Kier molecular flexibility index (Phi) is 6.45. The second-order valence-corrected chi connectivity index (χ2v) is 4.27. The molecule has 0 bridgehead atoms. The van der Waals surface area contributed by atoms with Gasteiger partial charge in [-0.15, -0.1) is 11.6 Å². The lowest BCUT2D eigenvalue weighted by Gasteiger charge is -2.06. The predicted octanol–water partition coefficient (Wildman–Crippen LogP) is 2.43. The molecule has 1 rings (SSSR count). The van der Waals surface area contributed by atoms with E-state index in [-0.39, 0.29) is 5.91 Å². The minimum atomic E-state index is -0.109. The van der Waals surface area contributed by atoms with Crippen LogP contribution in [0.15, 0.2) is 28.7 Å². The fraction of sp³-hybridized carbons (Fsp3) is 0.364. The SMILES string of the molecule is O=C(NCCOCCCl)c1ccccc1Br. The molecule has 0 aromatic heterocycles. The lowest BCUT2D eigenvalue weighted by molar-refractivity contribution is 0.0923. The third-order valence-electron chi connectivity index (χ3n) is 1.87. The Morgan fingerprint density at radius 2 is 2.12 bits per heavy atom. The highest BCUT2D eigenvalue weighted by molar-refractivity contribution is 9.10. The summed E-state index contributed by atoms with van der Waals surface area (Å²) >= 11 is 8.76. The Bertz CT molecular complexity index is 347. The van der Waals surface area contributed by atoms with E-state index in [0.29, 0.717) is 31.2 Å². The van der Waals surface area contributed by atoms with Gasteiger partial charge >= 0.3 is 0 Å². The van der Waals surface area contributed by atoms with Gasteiger partial charge in [0.05, 0.1) is 18.8 Å². The number of carbonyl (C=O) groups excluding carboxylic acids is 1. The van der Waals surface area contributed by atoms with E-state index >= 15 is 0 Å². The number of rotatable bonds is 6.